The van der Waals surface area contributed by atoms with E-state index in [1.807, 2.05) is 24.4 Å². The molecule has 0 bridgehead atoms. The normalized spacial score (nSPS) is 19.2. The predicted octanol–water partition coefficient (Wildman–Crippen LogP) is 8.55. The molecule has 30 heavy (non-hydrogen) atoms. The highest BCUT2D eigenvalue weighted by Gasteiger charge is 2.20. The Hall–Kier alpha value is -1.70. The van der Waals surface area contributed by atoms with E-state index in [1.54, 1.807) is 6.07 Å². The van der Waals surface area contributed by atoms with Gasteiger partial charge in [-0.25, -0.2) is 4.39 Å². The van der Waals surface area contributed by atoms with Crippen LogP contribution in [0.2, 0.25) is 0 Å². The topological polar surface area (TPSA) is 12.9 Å². The summed E-state index contributed by atoms with van der Waals surface area (Å²) < 4.78 is 14.7. The van der Waals surface area contributed by atoms with Crippen LogP contribution in [0.3, 0.4) is 0 Å². The van der Waals surface area contributed by atoms with Crippen LogP contribution < -0.4 is 0 Å². The maximum atomic E-state index is 14.7. The molecule has 0 atom stereocenters. The van der Waals surface area contributed by atoms with Gasteiger partial charge >= 0.3 is 0 Å². The fraction of sp³-hybridized carbons (Fsp3) is 0.607. The van der Waals surface area contributed by atoms with E-state index in [0.717, 1.165) is 35.9 Å². The number of rotatable bonds is 11. The lowest BCUT2D eigenvalue weighted by Gasteiger charge is -2.28. The highest BCUT2D eigenvalue weighted by Crippen LogP contribution is 2.34. The standard InChI is InChI=1S/C28H40FN/c1-3-5-6-7-8-9-23-10-12-24(13-11-23)14-15-25-16-18-26(27(29)20-25)28-19-17-22(4-2)21-30-28/h16-21,23-24H,3-15H2,1-2H3/t23-,24-. The lowest BCUT2D eigenvalue weighted by atomic mass is 9.77. The third-order valence-corrected chi connectivity index (χ3v) is 7.07. The molecule has 1 fully saturated rings. The first-order chi connectivity index (χ1) is 14.7. The zero-order valence-corrected chi connectivity index (χ0v) is 19.1. The van der Waals surface area contributed by atoms with Gasteiger partial charge in [-0.3, -0.25) is 4.98 Å². The molecule has 3 rings (SSSR count). The van der Waals surface area contributed by atoms with E-state index in [-0.39, 0.29) is 5.82 Å². The van der Waals surface area contributed by atoms with Crippen LogP contribution in [0.25, 0.3) is 11.3 Å². The molecule has 2 heteroatoms. The van der Waals surface area contributed by atoms with Crippen molar-refractivity contribution in [1.82, 2.24) is 4.98 Å². The zero-order chi connectivity index (χ0) is 21.2. The molecular weight excluding hydrogens is 369 g/mol. The minimum absolute atomic E-state index is 0.143. The van der Waals surface area contributed by atoms with Crippen LogP contribution in [0.5, 0.6) is 0 Å². The molecule has 1 aliphatic carbocycles. The Morgan fingerprint density at radius 2 is 1.53 bits per heavy atom. The summed E-state index contributed by atoms with van der Waals surface area (Å²) >= 11 is 0. The van der Waals surface area contributed by atoms with Crippen molar-refractivity contribution < 1.29 is 4.39 Å². The van der Waals surface area contributed by atoms with Crippen molar-refractivity contribution in [2.75, 3.05) is 0 Å². The maximum absolute atomic E-state index is 14.7. The monoisotopic (exact) mass is 409 g/mol. The van der Waals surface area contributed by atoms with E-state index in [0.29, 0.717) is 5.56 Å². The number of nitrogens with zero attached hydrogens (tertiary/aromatic N) is 1. The van der Waals surface area contributed by atoms with Gasteiger partial charge in [0, 0.05) is 11.8 Å². The fourth-order valence-electron chi connectivity index (χ4n) is 4.93. The van der Waals surface area contributed by atoms with Crippen molar-refractivity contribution in [1.29, 1.82) is 0 Å². The van der Waals surface area contributed by atoms with Crippen molar-refractivity contribution in [3.8, 4) is 11.3 Å². The molecule has 0 radical (unpaired) electrons. The predicted molar refractivity (Wildman–Crippen MR) is 126 cm³/mol. The summed E-state index contributed by atoms with van der Waals surface area (Å²) in [6, 6.07) is 9.70. The van der Waals surface area contributed by atoms with E-state index in [2.05, 4.69) is 24.9 Å². The number of aromatic nitrogens is 1. The van der Waals surface area contributed by atoms with Crippen molar-refractivity contribution in [3.05, 3.63) is 53.5 Å². The molecule has 1 aromatic carbocycles. The van der Waals surface area contributed by atoms with Gasteiger partial charge in [-0.2, -0.15) is 0 Å². The Morgan fingerprint density at radius 3 is 2.17 bits per heavy atom. The molecule has 0 N–H and O–H groups in total. The maximum Gasteiger partial charge on any atom is 0.132 e. The Labute approximate surface area is 183 Å². The Balaban J connectivity index is 1.41. The number of halogens is 1. The van der Waals surface area contributed by atoms with Crippen LogP contribution in [0.15, 0.2) is 36.5 Å². The summed E-state index contributed by atoms with van der Waals surface area (Å²) in [4.78, 5) is 4.43. The quantitative estimate of drug-likeness (QED) is 0.339. The summed E-state index contributed by atoms with van der Waals surface area (Å²) in [6.45, 7) is 4.39. The van der Waals surface area contributed by atoms with Crippen molar-refractivity contribution in [2.45, 2.75) is 97.3 Å². The van der Waals surface area contributed by atoms with Gasteiger partial charge in [0.2, 0.25) is 0 Å². The van der Waals surface area contributed by atoms with Gasteiger partial charge in [0.05, 0.1) is 5.69 Å². The molecular formula is C28H40FN. The molecule has 164 valence electrons. The van der Waals surface area contributed by atoms with Gasteiger partial charge in [-0.05, 0) is 60.4 Å². The van der Waals surface area contributed by atoms with Gasteiger partial charge < -0.3 is 0 Å². The number of benzene rings is 1. The fourth-order valence-corrected chi connectivity index (χ4v) is 4.93. The van der Waals surface area contributed by atoms with E-state index in [1.165, 1.54) is 76.2 Å². The van der Waals surface area contributed by atoms with E-state index in [9.17, 15) is 4.39 Å². The molecule has 0 saturated heterocycles. The van der Waals surface area contributed by atoms with E-state index < -0.39 is 0 Å². The second kappa shape index (κ2) is 12.2. The summed E-state index contributed by atoms with van der Waals surface area (Å²) in [5, 5.41) is 0. The first-order valence-electron chi connectivity index (χ1n) is 12.4. The molecule has 1 heterocycles. The summed E-state index contributed by atoms with van der Waals surface area (Å²) in [5.41, 5.74) is 3.64. The minimum Gasteiger partial charge on any atom is -0.256 e. The third kappa shape index (κ3) is 6.93. The average Bonchev–Trinajstić information content (AvgIpc) is 2.78. The van der Waals surface area contributed by atoms with Gasteiger partial charge in [0.1, 0.15) is 5.82 Å². The van der Waals surface area contributed by atoms with Gasteiger partial charge in [0.15, 0.2) is 0 Å². The number of hydrogen-bond acceptors (Lipinski definition) is 1. The smallest absolute Gasteiger partial charge is 0.132 e. The molecule has 0 aliphatic heterocycles. The van der Waals surface area contributed by atoms with Crippen molar-refractivity contribution in [3.63, 3.8) is 0 Å². The van der Waals surface area contributed by atoms with Crippen LogP contribution in [-0.4, -0.2) is 4.98 Å². The lowest BCUT2D eigenvalue weighted by molar-refractivity contribution is 0.248. The molecule has 1 nitrogen and oxygen atoms in total. The van der Waals surface area contributed by atoms with Crippen LogP contribution in [0.4, 0.5) is 4.39 Å². The average molecular weight is 410 g/mol. The number of pyridine rings is 1. The third-order valence-electron chi connectivity index (χ3n) is 7.07. The molecule has 1 aromatic heterocycles. The van der Waals surface area contributed by atoms with Crippen LogP contribution in [-0.2, 0) is 12.8 Å². The second-order valence-electron chi connectivity index (χ2n) is 9.35. The van der Waals surface area contributed by atoms with E-state index in [4.69, 9.17) is 0 Å². The number of aryl methyl sites for hydroxylation is 2. The molecule has 1 aliphatic rings. The highest BCUT2D eigenvalue weighted by atomic mass is 19.1. The van der Waals surface area contributed by atoms with Crippen molar-refractivity contribution in [2.24, 2.45) is 11.8 Å². The zero-order valence-electron chi connectivity index (χ0n) is 19.1. The molecule has 0 unspecified atom stereocenters. The molecule has 0 amide bonds. The van der Waals surface area contributed by atoms with Gasteiger partial charge in [0.25, 0.3) is 0 Å². The minimum atomic E-state index is -0.143. The summed E-state index contributed by atoms with van der Waals surface area (Å²) in [6.07, 6.45) is 19.0. The lowest BCUT2D eigenvalue weighted by Crippen LogP contribution is -2.15. The van der Waals surface area contributed by atoms with Crippen molar-refractivity contribution >= 4 is 0 Å². The SMILES string of the molecule is CCCCCCC[C@H]1CC[C@H](CCc2ccc(-c3ccc(CC)cn3)c(F)c2)CC1. The van der Waals surface area contributed by atoms with Crippen LogP contribution >= 0.6 is 0 Å². The first kappa shape index (κ1) is 23.0. The van der Waals surface area contributed by atoms with Gasteiger partial charge in [-0.15, -0.1) is 0 Å². The Morgan fingerprint density at radius 1 is 0.833 bits per heavy atom. The molecule has 0 spiro atoms. The van der Waals surface area contributed by atoms with Gasteiger partial charge in [-0.1, -0.05) is 90.2 Å². The first-order valence-corrected chi connectivity index (χ1v) is 12.4. The Bertz CT molecular complexity index is 744. The van der Waals surface area contributed by atoms with Crippen LogP contribution in [0, 0.1) is 17.7 Å². The second-order valence-corrected chi connectivity index (χ2v) is 9.35. The number of hydrogen-bond donors (Lipinski definition) is 0. The number of unbranched alkanes of at least 4 members (excludes halogenated alkanes) is 4. The highest BCUT2D eigenvalue weighted by molar-refractivity contribution is 5.60. The summed E-state index contributed by atoms with van der Waals surface area (Å²) in [5.74, 6) is 1.65. The Kier molecular flexibility index (Phi) is 9.36. The van der Waals surface area contributed by atoms with Crippen LogP contribution in [0.1, 0.15) is 95.6 Å². The molecule has 2 aromatic rings. The summed E-state index contributed by atoms with van der Waals surface area (Å²) in [7, 11) is 0. The largest absolute Gasteiger partial charge is 0.256 e. The van der Waals surface area contributed by atoms with E-state index >= 15 is 0 Å². The molecule has 1 saturated carbocycles.